The van der Waals surface area contributed by atoms with E-state index in [9.17, 15) is 4.79 Å². The molecule has 0 spiro atoms. The van der Waals surface area contributed by atoms with Gasteiger partial charge in [0.25, 0.3) is 0 Å². The summed E-state index contributed by atoms with van der Waals surface area (Å²) in [5.74, 6) is -0.369. The zero-order valence-corrected chi connectivity index (χ0v) is 9.42. The minimum atomic E-state index is -0.369. The van der Waals surface area contributed by atoms with Crippen LogP contribution in [-0.4, -0.2) is 24.1 Å². The van der Waals surface area contributed by atoms with Gasteiger partial charge in [0, 0.05) is 0 Å². The molecule has 5 heteroatoms. The number of nitrogens with zero attached hydrogens (tertiary/aromatic N) is 1. The number of nitrogens with two attached hydrogens (primary N) is 1. The Morgan fingerprint density at radius 1 is 1.73 bits per heavy atom. The Morgan fingerprint density at radius 2 is 2.53 bits per heavy atom. The van der Waals surface area contributed by atoms with E-state index < -0.39 is 0 Å². The third kappa shape index (κ3) is 3.45. The number of rotatable bonds is 5. The molecule has 0 fully saturated rings. The van der Waals surface area contributed by atoms with Crippen LogP contribution < -0.4 is 5.73 Å². The number of ether oxygens (including phenoxy) is 1. The summed E-state index contributed by atoms with van der Waals surface area (Å²) in [4.78, 5) is 16.2. The van der Waals surface area contributed by atoms with Crippen LogP contribution in [0.3, 0.4) is 0 Å². The van der Waals surface area contributed by atoms with Crippen LogP contribution in [0.2, 0.25) is 0 Å². The Morgan fingerprint density at radius 3 is 3.20 bits per heavy atom. The van der Waals surface area contributed by atoms with E-state index in [1.54, 1.807) is 12.4 Å². The standard InChI is InChI=1S/C10H14N2O2S/c1-2-14-10(13)9-8(15-7-12-9)5-3-4-6-11/h3,5,7H,2,4,6,11H2,1H3. The fraction of sp³-hybridized carbons (Fsp3) is 0.400. The van der Waals surface area contributed by atoms with E-state index >= 15 is 0 Å². The summed E-state index contributed by atoms with van der Waals surface area (Å²) in [6.45, 7) is 2.74. The van der Waals surface area contributed by atoms with Crippen LogP contribution in [-0.2, 0) is 4.74 Å². The first-order valence-corrected chi connectivity index (χ1v) is 5.64. The number of hydrogen-bond acceptors (Lipinski definition) is 5. The van der Waals surface area contributed by atoms with Crippen molar-refractivity contribution in [1.29, 1.82) is 0 Å². The predicted octanol–water partition coefficient (Wildman–Crippen LogP) is 1.68. The summed E-state index contributed by atoms with van der Waals surface area (Å²) in [6.07, 6.45) is 4.58. The second kappa shape index (κ2) is 6.31. The quantitative estimate of drug-likeness (QED) is 0.776. The van der Waals surface area contributed by atoms with Gasteiger partial charge in [0.05, 0.1) is 17.0 Å². The number of esters is 1. The van der Waals surface area contributed by atoms with Crippen molar-refractivity contribution in [2.75, 3.05) is 13.2 Å². The van der Waals surface area contributed by atoms with Crippen molar-refractivity contribution in [2.45, 2.75) is 13.3 Å². The fourth-order valence-electron chi connectivity index (χ4n) is 1.01. The molecule has 2 N–H and O–H groups in total. The van der Waals surface area contributed by atoms with Gasteiger partial charge in [-0.1, -0.05) is 6.08 Å². The number of thiazole rings is 1. The fourth-order valence-corrected chi connectivity index (χ4v) is 1.71. The highest BCUT2D eigenvalue weighted by molar-refractivity contribution is 7.10. The maximum atomic E-state index is 11.4. The molecular formula is C10H14N2O2S. The lowest BCUT2D eigenvalue weighted by molar-refractivity contribution is 0.0520. The van der Waals surface area contributed by atoms with E-state index in [0.29, 0.717) is 18.8 Å². The zero-order valence-electron chi connectivity index (χ0n) is 8.60. The van der Waals surface area contributed by atoms with Crippen molar-refractivity contribution in [3.8, 4) is 0 Å². The molecular weight excluding hydrogens is 212 g/mol. The number of carbonyl (C=O) groups excluding carboxylic acids is 1. The second-order valence-corrected chi connectivity index (χ2v) is 3.65. The molecule has 1 aromatic heterocycles. The van der Waals surface area contributed by atoms with E-state index in [0.717, 1.165) is 11.3 Å². The van der Waals surface area contributed by atoms with Gasteiger partial charge in [-0.25, -0.2) is 9.78 Å². The van der Waals surface area contributed by atoms with Crippen LogP contribution in [0.15, 0.2) is 11.6 Å². The monoisotopic (exact) mass is 226 g/mol. The van der Waals surface area contributed by atoms with Crippen LogP contribution in [0.4, 0.5) is 0 Å². The smallest absolute Gasteiger partial charge is 0.358 e. The van der Waals surface area contributed by atoms with Crippen LogP contribution in [0, 0.1) is 0 Å². The van der Waals surface area contributed by atoms with E-state index in [2.05, 4.69) is 4.98 Å². The lowest BCUT2D eigenvalue weighted by atomic mass is 10.3. The molecule has 0 bridgehead atoms. The summed E-state index contributed by atoms with van der Waals surface area (Å²) >= 11 is 1.41. The number of hydrogen-bond donors (Lipinski definition) is 1. The van der Waals surface area contributed by atoms with Gasteiger partial charge in [0.2, 0.25) is 0 Å². The van der Waals surface area contributed by atoms with Crippen molar-refractivity contribution in [1.82, 2.24) is 4.98 Å². The van der Waals surface area contributed by atoms with Crippen LogP contribution in [0.1, 0.15) is 28.7 Å². The summed E-state index contributed by atoms with van der Waals surface area (Å²) in [5, 5.41) is 0. The van der Waals surface area contributed by atoms with Crippen molar-refractivity contribution in [2.24, 2.45) is 5.73 Å². The highest BCUT2D eigenvalue weighted by atomic mass is 32.1. The topological polar surface area (TPSA) is 65.2 Å². The molecule has 0 aromatic carbocycles. The number of aromatic nitrogens is 1. The molecule has 1 aromatic rings. The molecule has 4 nitrogen and oxygen atoms in total. The molecule has 0 amide bonds. The number of carbonyl (C=O) groups is 1. The maximum absolute atomic E-state index is 11.4. The molecule has 0 aliphatic heterocycles. The molecule has 0 radical (unpaired) electrons. The summed E-state index contributed by atoms with van der Waals surface area (Å²) < 4.78 is 4.88. The van der Waals surface area contributed by atoms with E-state index in [1.165, 1.54) is 11.3 Å². The van der Waals surface area contributed by atoms with Gasteiger partial charge >= 0.3 is 5.97 Å². The maximum Gasteiger partial charge on any atom is 0.358 e. The minimum absolute atomic E-state index is 0.363. The molecule has 15 heavy (non-hydrogen) atoms. The third-order valence-electron chi connectivity index (χ3n) is 1.67. The predicted molar refractivity (Wildman–Crippen MR) is 60.8 cm³/mol. The minimum Gasteiger partial charge on any atom is -0.461 e. The molecule has 0 saturated heterocycles. The van der Waals surface area contributed by atoms with Gasteiger partial charge in [-0.15, -0.1) is 11.3 Å². The Kier molecular flexibility index (Phi) is 5.00. The second-order valence-electron chi connectivity index (χ2n) is 2.77. The van der Waals surface area contributed by atoms with Crippen molar-refractivity contribution < 1.29 is 9.53 Å². The van der Waals surface area contributed by atoms with Gasteiger partial charge in [-0.3, -0.25) is 0 Å². The van der Waals surface area contributed by atoms with Crippen molar-refractivity contribution in [3.63, 3.8) is 0 Å². The molecule has 0 saturated carbocycles. The lowest BCUT2D eigenvalue weighted by Crippen LogP contribution is -2.06. The Bertz CT molecular complexity index is 347. The Labute approximate surface area is 92.8 Å². The average Bonchev–Trinajstić information content (AvgIpc) is 2.67. The molecule has 82 valence electrons. The molecule has 0 aliphatic carbocycles. The van der Waals surface area contributed by atoms with E-state index in [-0.39, 0.29) is 5.97 Å². The van der Waals surface area contributed by atoms with Crippen molar-refractivity contribution >= 4 is 23.4 Å². The highest BCUT2D eigenvalue weighted by Crippen LogP contribution is 2.16. The third-order valence-corrected chi connectivity index (χ3v) is 2.46. The van der Waals surface area contributed by atoms with Gasteiger partial charge in [-0.2, -0.15) is 0 Å². The largest absolute Gasteiger partial charge is 0.461 e. The highest BCUT2D eigenvalue weighted by Gasteiger charge is 2.13. The first-order chi connectivity index (χ1) is 7.29. The summed E-state index contributed by atoms with van der Waals surface area (Å²) in [7, 11) is 0. The molecule has 1 rings (SSSR count). The van der Waals surface area contributed by atoms with Crippen LogP contribution in [0.25, 0.3) is 6.08 Å². The van der Waals surface area contributed by atoms with E-state index in [4.69, 9.17) is 10.5 Å². The summed E-state index contributed by atoms with van der Waals surface area (Å²) in [5.41, 5.74) is 7.38. The molecule has 0 unspecified atom stereocenters. The first-order valence-electron chi connectivity index (χ1n) is 4.76. The SMILES string of the molecule is CCOC(=O)c1ncsc1C=CCCN. The van der Waals surface area contributed by atoms with Gasteiger partial charge < -0.3 is 10.5 Å². The molecule has 0 atom stereocenters. The first kappa shape index (κ1) is 11.9. The van der Waals surface area contributed by atoms with Gasteiger partial charge in [0.1, 0.15) is 0 Å². The normalized spacial score (nSPS) is 10.8. The van der Waals surface area contributed by atoms with Crippen LogP contribution in [0.5, 0.6) is 0 Å². The summed E-state index contributed by atoms with van der Waals surface area (Å²) in [6, 6.07) is 0. The van der Waals surface area contributed by atoms with Gasteiger partial charge in [0.15, 0.2) is 5.69 Å². The Balaban J connectivity index is 2.73. The van der Waals surface area contributed by atoms with Gasteiger partial charge in [-0.05, 0) is 26.0 Å². The van der Waals surface area contributed by atoms with Crippen molar-refractivity contribution in [3.05, 3.63) is 22.2 Å². The average molecular weight is 226 g/mol. The molecule has 1 heterocycles. The molecule has 0 aliphatic rings. The van der Waals surface area contributed by atoms with Crippen LogP contribution >= 0.6 is 11.3 Å². The lowest BCUT2D eigenvalue weighted by Gasteiger charge is -1.98. The zero-order chi connectivity index (χ0) is 11.1. The Hall–Kier alpha value is -1.20. The van der Waals surface area contributed by atoms with E-state index in [1.807, 2.05) is 12.2 Å².